The lowest BCUT2D eigenvalue weighted by molar-refractivity contribution is -0.142. The minimum atomic E-state index is -0.934. The van der Waals surface area contributed by atoms with Crippen molar-refractivity contribution < 1.29 is 23.9 Å². The number of carbonyl (C=O) groups is 3. The maximum absolute atomic E-state index is 14.4. The van der Waals surface area contributed by atoms with Crippen molar-refractivity contribution in [2.24, 2.45) is 11.8 Å². The maximum atomic E-state index is 14.4. The molecule has 8 nitrogen and oxygen atoms in total. The second kappa shape index (κ2) is 13.0. The standard InChI is InChI=1S/C32H43N3O5/c1-9-20(3)27(34-31(38)40-32(5,6)7)30(37)35(26-18-21(26)4)28(23-13-11-12-22(10-2)19-23)29(36)33-24-14-16-25(39-8)17-15-24/h10-17,19-21,26-28H,2,9,18H2,1,3-8H3,(H,33,36)(H,34,38). The van der Waals surface area contributed by atoms with E-state index in [0.29, 0.717) is 23.4 Å². The summed E-state index contributed by atoms with van der Waals surface area (Å²) in [5.41, 5.74) is 1.36. The smallest absolute Gasteiger partial charge is 0.408 e. The zero-order valence-electron chi connectivity index (χ0n) is 24.7. The van der Waals surface area contributed by atoms with E-state index in [-0.39, 0.29) is 29.7 Å². The topological polar surface area (TPSA) is 97.0 Å². The monoisotopic (exact) mass is 549 g/mol. The van der Waals surface area contributed by atoms with Crippen molar-refractivity contribution in [1.29, 1.82) is 0 Å². The first-order valence-electron chi connectivity index (χ1n) is 13.9. The minimum Gasteiger partial charge on any atom is -0.497 e. The Labute approximate surface area is 238 Å². The molecule has 0 heterocycles. The summed E-state index contributed by atoms with van der Waals surface area (Å²) in [6.45, 7) is 15.1. The van der Waals surface area contributed by atoms with Crippen LogP contribution < -0.4 is 15.4 Å². The lowest BCUT2D eigenvalue weighted by Crippen LogP contribution is -2.55. The van der Waals surface area contributed by atoms with Crippen LogP contribution in [0, 0.1) is 11.8 Å². The highest BCUT2D eigenvalue weighted by atomic mass is 16.6. The summed E-state index contributed by atoms with van der Waals surface area (Å²) in [4.78, 5) is 42.9. The van der Waals surface area contributed by atoms with Crippen molar-refractivity contribution in [3.63, 3.8) is 0 Å². The number of alkyl carbamates (subject to hydrolysis) is 1. The van der Waals surface area contributed by atoms with E-state index in [2.05, 4.69) is 24.1 Å². The van der Waals surface area contributed by atoms with E-state index in [9.17, 15) is 14.4 Å². The normalized spacial score (nSPS) is 18.5. The first kappa shape index (κ1) is 30.7. The Morgan fingerprint density at radius 2 is 1.80 bits per heavy atom. The Morgan fingerprint density at radius 1 is 1.15 bits per heavy atom. The molecule has 8 heteroatoms. The first-order valence-corrected chi connectivity index (χ1v) is 13.9. The zero-order valence-corrected chi connectivity index (χ0v) is 24.7. The summed E-state index contributed by atoms with van der Waals surface area (Å²) in [5, 5.41) is 5.81. The summed E-state index contributed by atoms with van der Waals surface area (Å²) in [6.07, 6.45) is 2.45. The molecule has 1 aliphatic rings. The van der Waals surface area contributed by atoms with E-state index in [1.165, 1.54) is 0 Å². The van der Waals surface area contributed by atoms with Crippen molar-refractivity contribution in [3.05, 3.63) is 66.2 Å². The third-order valence-electron chi connectivity index (χ3n) is 7.18. The van der Waals surface area contributed by atoms with E-state index in [1.54, 1.807) is 63.1 Å². The quantitative estimate of drug-likeness (QED) is 0.348. The van der Waals surface area contributed by atoms with Crippen LogP contribution >= 0.6 is 0 Å². The molecular formula is C32H43N3O5. The van der Waals surface area contributed by atoms with Crippen LogP contribution in [-0.2, 0) is 14.3 Å². The number of carbonyl (C=O) groups excluding carboxylic acids is 3. The number of amides is 3. The van der Waals surface area contributed by atoms with Crippen molar-refractivity contribution >= 4 is 29.7 Å². The number of nitrogens with one attached hydrogen (secondary N) is 2. The van der Waals surface area contributed by atoms with Gasteiger partial charge in [0.15, 0.2) is 0 Å². The van der Waals surface area contributed by atoms with E-state index < -0.39 is 23.8 Å². The van der Waals surface area contributed by atoms with E-state index in [4.69, 9.17) is 9.47 Å². The summed E-state index contributed by atoms with van der Waals surface area (Å²) < 4.78 is 10.7. The van der Waals surface area contributed by atoms with Crippen LogP contribution in [0.2, 0.25) is 0 Å². The average Bonchev–Trinajstić information content (AvgIpc) is 3.64. The molecule has 1 saturated carbocycles. The Morgan fingerprint density at radius 3 is 2.33 bits per heavy atom. The number of hydrogen-bond donors (Lipinski definition) is 2. The van der Waals surface area contributed by atoms with Gasteiger partial charge in [-0.25, -0.2) is 4.79 Å². The van der Waals surface area contributed by atoms with Crippen molar-refractivity contribution in [1.82, 2.24) is 10.2 Å². The molecule has 0 radical (unpaired) electrons. The van der Waals surface area contributed by atoms with Crippen LogP contribution in [-0.4, -0.2) is 47.6 Å². The molecular weight excluding hydrogens is 506 g/mol. The molecule has 0 bridgehead atoms. The van der Waals surface area contributed by atoms with Crippen LogP contribution in [0.1, 0.15) is 71.6 Å². The fourth-order valence-corrected chi connectivity index (χ4v) is 4.63. The van der Waals surface area contributed by atoms with Crippen molar-refractivity contribution in [3.8, 4) is 5.75 Å². The van der Waals surface area contributed by atoms with Gasteiger partial charge in [0.05, 0.1) is 7.11 Å². The molecule has 5 atom stereocenters. The highest BCUT2D eigenvalue weighted by molar-refractivity contribution is 5.99. The highest BCUT2D eigenvalue weighted by Gasteiger charge is 2.49. The molecule has 1 fully saturated rings. The fraction of sp³-hybridized carbons (Fsp3) is 0.469. The number of rotatable bonds is 11. The summed E-state index contributed by atoms with van der Waals surface area (Å²) >= 11 is 0. The second-order valence-corrected chi connectivity index (χ2v) is 11.5. The van der Waals surface area contributed by atoms with Crippen LogP contribution in [0.25, 0.3) is 6.08 Å². The molecule has 0 aromatic heterocycles. The lowest BCUT2D eigenvalue weighted by atomic mass is 9.95. The molecule has 3 rings (SSSR count). The molecule has 0 aliphatic heterocycles. The van der Waals surface area contributed by atoms with Gasteiger partial charge in [0, 0.05) is 11.7 Å². The third-order valence-corrected chi connectivity index (χ3v) is 7.18. The number of methoxy groups -OCH3 is 1. The summed E-state index contributed by atoms with van der Waals surface area (Å²) in [5.74, 6) is 0.0252. The Bertz CT molecular complexity index is 1200. The molecule has 2 aromatic carbocycles. The van der Waals surface area contributed by atoms with Gasteiger partial charge >= 0.3 is 6.09 Å². The molecule has 1 aliphatic carbocycles. The van der Waals surface area contributed by atoms with Crippen LogP contribution in [0.4, 0.5) is 10.5 Å². The maximum Gasteiger partial charge on any atom is 0.408 e. The summed E-state index contributed by atoms with van der Waals surface area (Å²) in [7, 11) is 1.58. The van der Waals surface area contributed by atoms with Gasteiger partial charge in [-0.15, -0.1) is 0 Å². The molecule has 0 saturated heterocycles. The predicted molar refractivity (Wildman–Crippen MR) is 158 cm³/mol. The molecule has 216 valence electrons. The van der Waals surface area contributed by atoms with Crippen LogP contribution in [0.15, 0.2) is 55.1 Å². The first-order chi connectivity index (χ1) is 18.9. The van der Waals surface area contributed by atoms with Crippen molar-refractivity contribution in [2.45, 2.75) is 78.1 Å². The number of nitrogens with zero attached hydrogens (tertiary/aromatic N) is 1. The SMILES string of the molecule is C=Cc1cccc(C(C(=O)Nc2ccc(OC)cc2)N(C(=O)C(NC(=O)OC(C)(C)C)C(C)CC)C2CC2C)c1. The predicted octanol–water partition coefficient (Wildman–Crippen LogP) is 6.19. The Balaban J connectivity index is 2.05. The van der Waals surface area contributed by atoms with Crippen LogP contribution in [0.5, 0.6) is 5.75 Å². The van der Waals surface area contributed by atoms with Gasteiger partial charge in [-0.3, -0.25) is 9.59 Å². The molecule has 2 aromatic rings. The largest absolute Gasteiger partial charge is 0.497 e. The second-order valence-electron chi connectivity index (χ2n) is 11.5. The van der Waals surface area contributed by atoms with E-state index in [1.807, 2.05) is 38.1 Å². The van der Waals surface area contributed by atoms with Crippen molar-refractivity contribution in [2.75, 3.05) is 12.4 Å². The Hall–Kier alpha value is -3.81. The van der Waals surface area contributed by atoms with Gasteiger partial charge in [0.2, 0.25) is 5.91 Å². The molecule has 40 heavy (non-hydrogen) atoms. The highest BCUT2D eigenvalue weighted by Crippen LogP contribution is 2.41. The van der Waals surface area contributed by atoms with Crippen LogP contribution in [0.3, 0.4) is 0 Å². The van der Waals surface area contributed by atoms with E-state index >= 15 is 0 Å². The molecule has 0 spiro atoms. The van der Waals surface area contributed by atoms with E-state index in [0.717, 1.165) is 12.0 Å². The van der Waals surface area contributed by atoms with Gasteiger partial charge in [-0.05, 0) is 80.5 Å². The molecule has 3 amide bonds. The number of anilines is 1. The number of hydrogen-bond acceptors (Lipinski definition) is 5. The third kappa shape index (κ3) is 7.87. The van der Waals surface area contributed by atoms with Gasteiger partial charge in [-0.1, -0.05) is 58.0 Å². The fourth-order valence-electron chi connectivity index (χ4n) is 4.63. The number of ether oxygens (including phenoxy) is 2. The lowest BCUT2D eigenvalue weighted by Gasteiger charge is -2.36. The minimum absolute atomic E-state index is 0.154. The molecule has 2 N–H and O–H groups in total. The van der Waals surface area contributed by atoms with Gasteiger partial charge in [0.1, 0.15) is 23.4 Å². The average molecular weight is 550 g/mol. The van der Waals surface area contributed by atoms with Gasteiger partial charge in [-0.2, -0.15) is 0 Å². The number of benzene rings is 2. The van der Waals surface area contributed by atoms with Gasteiger partial charge in [0.25, 0.3) is 5.91 Å². The zero-order chi connectivity index (χ0) is 29.6. The Kier molecular flexibility index (Phi) is 10.0. The molecule has 5 unspecified atom stereocenters. The summed E-state index contributed by atoms with van der Waals surface area (Å²) in [6, 6.07) is 12.5. The van der Waals surface area contributed by atoms with Gasteiger partial charge < -0.3 is 25.0 Å².